The van der Waals surface area contributed by atoms with E-state index in [1.54, 1.807) is 12.1 Å². The smallest absolute Gasteiger partial charge is 0.124 e. The highest BCUT2D eigenvalue weighted by molar-refractivity contribution is 6.30. The third kappa shape index (κ3) is 4.97. The minimum absolute atomic E-state index is 0.254. The lowest BCUT2D eigenvalue weighted by Crippen LogP contribution is -2.04. The van der Waals surface area contributed by atoms with Crippen molar-refractivity contribution < 1.29 is 9.13 Å². The lowest BCUT2D eigenvalue weighted by molar-refractivity contribution is 0.303. The maximum Gasteiger partial charge on any atom is 0.124 e. The third-order valence-electron chi connectivity index (χ3n) is 3.86. The van der Waals surface area contributed by atoms with Crippen molar-refractivity contribution in [2.45, 2.75) is 20.1 Å². The largest absolute Gasteiger partial charge is 0.489 e. The lowest BCUT2D eigenvalue weighted by Gasteiger charge is -2.14. The molecule has 0 aliphatic carbocycles. The highest BCUT2D eigenvalue weighted by atomic mass is 35.5. The second-order valence-corrected chi connectivity index (χ2v) is 6.32. The molecule has 0 saturated heterocycles. The van der Waals surface area contributed by atoms with Gasteiger partial charge in [0, 0.05) is 22.8 Å². The predicted octanol–water partition coefficient (Wildman–Crippen LogP) is 5.98. The van der Waals surface area contributed by atoms with Crippen LogP contribution in [0.3, 0.4) is 0 Å². The van der Waals surface area contributed by atoms with Gasteiger partial charge in [-0.2, -0.15) is 0 Å². The van der Waals surface area contributed by atoms with Crippen LogP contribution in [0, 0.1) is 12.7 Å². The van der Waals surface area contributed by atoms with Crippen LogP contribution in [0.5, 0.6) is 5.75 Å². The Balaban J connectivity index is 1.69. The van der Waals surface area contributed by atoms with Gasteiger partial charge in [-0.05, 0) is 55.0 Å². The quantitative estimate of drug-likeness (QED) is 0.587. The highest BCUT2D eigenvalue weighted by Gasteiger charge is 2.06. The Kier molecular flexibility index (Phi) is 5.56. The van der Waals surface area contributed by atoms with Gasteiger partial charge in [0.25, 0.3) is 0 Å². The molecule has 0 fully saturated rings. The summed E-state index contributed by atoms with van der Waals surface area (Å²) in [4.78, 5) is 0. The fourth-order valence-corrected chi connectivity index (χ4v) is 2.63. The molecule has 0 radical (unpaired) electrons. The molecule has 3 aromatic rings. The van der Waals surface area contributed by atoms with Crippen LogP contribution in [0.4, 0.5) is 10.1 Å². The van der Waals surface area contributed by atoms with Crippen molar-refractivity contribution in [1.82, 2.24) is 0 Å². The van der Waals surface area contributed by atoms with Gasteiger partial charge in [-0.1, -0.05) is 41.4 Å². The fourth-order valence-electron chi connectivity index (χ4n) is 2.44. The Labute approximate surface area is 152 Å². The second kappa shape index (κ2) is 8.04. The van der Waals surface area contributed by atoms with Gasteiger partial charge < -0.3 is 10.1 Å². The number of anilines is 1. The van der Waals surface area contributed by atoms with Crippen LogP contribution in [0.15, 0.2) is 66.7 Å². The first-order valence-corrected chi connectivity index (χ1v) is 8.44. The molecule has 0 unspecified atom stereocenters. The zero-order valence-corrected chi connectivity index (χ0v) is 14.7. The Bertz CT molecular complexity index is 832. The summed E-state index contributed by atoms with van der Waals surface area (Å²) in [7, 11) is 0. The zero-order valence-electron chi connectivity index (χ0n) is 13.9. The summed E-state index contributed by atoms with van der Waals surface area (Å²) in [5.74, 6) is 0.523. The number of nitrogens with one attached hydrogen (secondary N) is 1. The number of benzene rings is 3. The predicted molar refractivity (Wildman–Crippen MR) is 101 cm³/mol. The third-order valence-corrected chi connectivity index (χ3v) is 4.10. The molecule has 25 heavy (non-hydrogen) atoms. The summed E-state index contributed by atoms with van der Waals surface area (Å²) < 4.78 is 19.0. The maximum atomic E-state index is 13.0. The average molecular weight is 356 g/mol. The van der Waals surface area contributed by atoms with Crippen LogP contribution >= 0.6 is 11.6 Å². The van der Waals surface area contributed by atoms with Crippen molar-refractivity contribution in [3.8, 4) is 5.75 Å². The molecule has 4 heteroatoms. The van der Waals surface area contributed by atoms with E-state index in [4.69, 9.17) is 16.3 Å². The topological polar surface area (TPSA) is 21.3 Å². The number of rotatable bonds is 6. The van der Waals surface area contributed by atoms with Crippen molar-refractivity contribution in [1.29, 1.82) is 0 Å². The Hall–Kier alpha value is -2.52. The van der Waals surface area contributed by atoms with Gasteiger partial charge in [-0.3, -0.25) is 0 Å². The lowest BCUT2D eigenvalue weighted by atomic mass is 10.1. The van der Waals surface area contributed by atoms with Gasteiger partial charge in [0.1, 0.15) is 18.2 Å². The summed E-state index contributed by atoms with van der Waals surface area (Å²) in [5.41, 5.74) is 4.12. The molecule has 0 heterocycles. The Morgan fingerprint density at radius 2 is 1.68 bits per heavy atom. The van der Waals surface area contributed by atoms with Gasteiger partial charge >= 0.3 is 0 Å². The minimum Gasteiger partial charge on any atom is -0.489 e. The number of hydrogen-bond acceptors (Lipinski definition) is 2. The van der Waals surface area contributed by atoms with E-state index in [0.29, 0.717) is 18.2 Å². The average Bonchev–Trinajstić information content (AvgIpc) is 2.62. The molecule has 0 amide bonds. The molecule has 128 valence electrons. The molecular formula is C21H19ClFNO. The van der Waals surface area contributed by atoms with Gasteiger partial charge in [-0.25, -0.2) is 4.39 Å². The molecule has 3 aromatic carbocycles. The first-order chi connectivity index (χ1) is 12.1. The van der Waals surface area contributed by atoms with E-state index in [2.05, 4.69) is 36.5 Å². The zero-order chi connectivity index (χ0) is 17.6. The van der Waals surface area contributed by atoms with Gasteiger partial charge in [0.15, 0.2) is 0 Å². The van der Waals surface area contributed by atoms with E-state index in [1.807, 2.05) is 18.2 Å². The van der Waals surface area contributed by atoms with E-state index in [1.165, 1.54) is 17.7 Å². The SMILES string of the molecule is Cc1ccc(COc2ccc(Cl)cc2CNc2ccc(F)cc2)cc1. The van der Waals surface area contributed by atoms with E-state index in [0.717, 1.165) is 22.6 Å². The summed E-state index contributed by atoms with van der Waals surface area (Å²) in [5, 5.41) is 3.91. The van der Waals surface area contributed by atoms with E-state index < -0.39 is 0 Å². The molecule has 0 aliphatic rings. The van der Waals surface area contributed by atoms with Crippen molar-refractivity contribution in [3.63, 3.8) is 0 Å². The van der Waals surface area contributed by atoms with Crippen LogP contribution in [0.2, 0.25) is 5.02 Å². The number of hydrogen-bond donors (Lipinski definition) is 1. The molecule has 1 N–H and O–H groups in total. The fraction of sp³-hybridized carbons (Fsp3) is 0.143. The van der Waals surface area contributed by atoms with Crippen molar-refractivity contribution in [2.75, 3.05) is 5.32 Å². The first kappa shape index (κ1) is 17.3. The summed E-state index contributed by atoms with van der Waals surface area (Å²) in [6, 6.07) is 20.1. The molecule has 0 aliphatic heterocycles. The highest BCUT2D eigenvalue weighted by Crippen LogP contribution is 2.25. The van der Waals surface area contributed by atoms with E-state index in [9.17, 15) is 4.39 Å². The van der Waals surface area contributed by atoms with Crippen molar-refractivity contribution >= 4 is 17.3 Å². The molecule has 0 saturated carbocycles. The Morgan fingerprint density at radius 1 is 0.960 bits per heavy atom. The Morgan fingerprint density at radius 3 is 2.40 bits per heavy atom. The minimum atomic E-state index is -0.254. The molecule has 0 aromatic heterocycles. The molecule has 0 spiro atoms. The standard InChI is InChI=1S/C21H19ClFNO/c1-15-2-4-16(5-3-15)14-25-21-11-6-18(22)12-17(21)13-24-20-9-7-19(23)8-10-20/h2-12,24H,13-14H2,1H3. The van der Waals surface area contributed by atoms with Crippen molar-refractivity contribution in [2.24, 2.45) is 0 Å². The van der Waals surface area contributed by atoms with Crippen LogP contribution in [0.25, 0.3) is 0 Å². The van der Waals surface area contributed by atoms with E-state index >= 15 is 0 Å². The summed E-state index contributed by atoms with van der Waals surface area (Å²) in [6.07, 6.45) is 0. The van der Waals surface area contributed by atoms with Crippen molar-refractivity contribution in [3.05, 3.63) is 94.3 Å². The van der Waals surface area contributed by atoms with Crippen LogP contribution < -0.4 is 10.1 Å². The maximum absolute atomic E-state index is 13.0. The molecule has 3 rings (SSSR count). The molecule has 0 bridgehead atoms. The van der Waals surface area contributed by atoms with Crippen LogP contribution in [0.1, 0.15) is 16.7 Å². The molecule has 0 atom stereocenters. The summed E-state index contributed by atoms with van der Waals surface area (Å²) >= 11 is 6.12. The number of ether oxygens (including phenoxy) is 1. The first-order valence-electron chi connectivity index (χ1n) is 8.06. The summed E-state index contributed by atoms with van der Waals surface area (Å²) in [6.45, 7) is 3.09. The van der Waals surface area contributed by atoms with Crippen LogP contribution in [-0.2, 0) is 13.2 Å². The van der Waals surface area contributed by atoms with Gasteiger partial charge in [-0.15, -0.1) is 0 Å². The molecule has 2 nitrogen and oxygen atoms in total. The van der Waals surface area contributed by atoms with Gasteiger partial charge in [0.2, 0.25) is 0 Å². The van der Waals surface area contributed by atoms with Crippen LogP contribution in [-0.4, -0.2) is 0 Å². The number of halogens is 2. The normalized spacial score (nSPS) is 10.5. The molecular weight excluding hydrogens is 337 g/mol. The monoisotopic (exact) mass is 355 g/mol. The van der Waals surface area contributed by atoms with Gasteiger partial charge in [0.05, 0.1) is 0 Å². The van der Waals surface area contributed by atoms with E-state index in [-0.39, 0.29) is 5.82 Å². The second-order valence-electron chi connectivity index (χ2n) is 5.89. The number of aryl methyl sites for hydroxylation is 1.